The van der Waals surface area contributed by atoms with Crippen LogP contribution in [0.5, 0.6) is 11.5 Å². The fraction of sp³-hybridized carbons (Fsp3) is 0.464. The van der Waals surface area contributed by atoms with Crippen molar-refractivity contribution in [3.05, 3.63) is 53.6 Å². The molecule has 2 fully saturated rings. The molecule has 0 aliphatic carbocycles. The molecule has 2 saturated heterocycles. The van der Waals surface area contributed by atoms with Crippen molar-refractivity contribution in [3.63, 3.8) is 0 Å². The van der Waals surface area contributed by atoms with E-state index in [0.717, 1.165) is 50.6 Å². The van der Waals surface area contributed by atoms with Crippen LogP contribution in [0.1, 0.15) is 24.5 Å². The van der Waals surface area contributed by atoms with Gasteiger partial charge in [-0.15, -0.1) is 0 Å². The molecule has 0 bridgehead atoms. The van der Waals surface area contributed by atoms with Gasteiger partial charge >= 0.3 is 0 Å². The molecule has 1 atom stereocenters. The standard InChI is InChI=1S/C28H35N5O5/c1-2-20-3-6-22(7-4-20)30-26(34)16-23-28(36)29-9-10-33(23)27(35)18-32-13-11-31(12-14-32)17-21-5-8-24-25(15-21)38-19-37-24/h3-8,15,23H,2,9-14,16-19H2,1H3,(H,29,36)(H,30,34)/t23-/m0/s1. The number of nitrogens with one attached hydrogen (secondary N) is 2. The van der Waals surface area contributed by atoms with E-state index in [1.54, 1.807) is 4.90 Å². The molecule has 10 nitrogen and oxygen atoms in total. The minimum Gasteiger partial charge on any atom is -0.454 e. The Morgan fingerprint density at radius 1 is 0.947 bits per heavy atom. The number of rotatable bonds is 8. The third-order valence-electron chi connectivity index (χ3n) is 7.34. The van der Waals surface area contributed by atoms with Gasteiger partial charge in [-0.05, 0) is 41.8 Å². The normalized spacial score (nSPS) is 19.8. The molecule has 3 aliphatic rings. The molecular weight excluding hydrogens is 486 g/mol. The molecular formula is C28H35N5O5. The van der Waals surface area contributed by atoms with E-state index in [4.69, 9.17) is 9.47 Å². The summed E-state index contributed by atoms with van der Waals surface area (Å²) in [5.74, 6) is 0.884. The lowest BCUT2D eigenvalue weighted by Crippen LogP contribution is -2.60. The molecule has 10 heteroatoms. The van der Waals surface area contributed by atoms with Gasteiger partial charge in [-0.3, -0.25) is 24.2 Å². The SMILES string of the molecule is CCc1ccc(NC(=O)C[C@H]2C(=O)NCCN2C(=O)CN2CCN(Cc3ccc4c(c3)OCO4)CC2)cc1. The van der Waals surface area contributed by atoms with Crippen LogP contribution in [0.3, 0.4) is 0 Å². The molecule has 5 rings (SSSR count). The highest BCUT2D eigenvalue weighted by molar-refractivity contribution is 5.97. The van der Waals surface area contributed by atoms with Crippen molar-refractivity contribution in [2.24, 2.45) is 0 Å². The van der Waals surface area contributed by atoms with Crippen LogP contribution in [0, 0.1) is 0 Å². The number of aryl methyl sites for hydroxylation is 1. The second kappa shape index (κ2) is 11.8. The summed E-state index contributed by atoms with van der Waals surface area (Å²) >= 11 is 0. The Morgan fingerprint density at radius 2 is 1.66 bits per heavy atom. The van der Waals surface area contributed by atoms with Gasteiger partial charge in [-0.1, -0.05) is 25.1 Å². The van der Waals surface area contributed by atoms with Gasteiger partial charge in [0.1, 0.15) is 6.04 Å². The summed E-state index contributed by atoms with van der Waals surface area (Å²) in [7, 11) is 0. The molecule has 202 valence electrons. The summed E-state index contributed by atoms with van der Waals surface area (Å²) in [6.07, 6.45) is 0.846. The molecule has 2 aromatic rings. The smallest absolute Gasteiger partial charge is 0.243 e. The second-order valence-corrected chi connectivity index (χ2v) is 9.94. The average Bonchev–Trinajstić information content (AvgIpc) is 3.39. The van der Waals surface area contributed by atoms with Crippen LogP contribution in [0.15, 0.2) is 42.5 Å². The summed E-state index contributed by atoms with van der Waals surface area (Å²) in [5, 5.41) is 5.65. The summed E-state index contributed by atoms with van der Waals surface area (Å²) in [5.41, 5.74) is 3.03. The Balaban J connectivity index is 1.11. The van der Waals surface area contributed by atoms with Crippen molar-refractivity contribution in [3.8, 4) is 11.5 Å². The van der Waals surface area contributed by atoms with Gasteiger partial charge in [-0.2, -0.15) is 0 Å². The molecule has 0 saturated carbocycles. The fourth-order valence-electron chi connectivity index (χ4n) is 5.11. The third kappa shape index (κ3) is 6.25. The van der Waals surface area contributed by atoms with E-state index in [2.05, 4.69) is 33.4 Å². The number of piperazine rings is 2. The van der Waals surface area contributed by atoms with E-state index in [-0.39, 0.29) is 37.5 Å². The lowest BCUT2D eigenvalue weighted by Gasteiger charge is -2.38. The zero-order valence-corrected chi connectivity index (χ0v) is 21.8. The topological polar surface area (TPSA) is 103 Å². The van der Waals surface area contributed by atoms with Gasteiger partial charge in [0, 0.05) is 51.5 Å². The van der Waals surface area contributed by atoms with Crippen LogP contribution in [0.25, 0.3) is 0 Å². The van der Waals surface area contributed by atoms with Crippen LogP contribution < -0.4 is 20.1 Å². The van der Waals surface area contributed by atoms with E-state index in [1.165, 1.54) is 11.1 Å². The predicted molar refractivity (Wildman–Crippen MR) is 142 cm³/mol. The van der Waals surface area contributed by atoms with Gasteiger partial charge in [0.25, 0.3) is 0 Å². The van der Waals surface area contributed by atoms with Gasteiger partial charge in [0.2, 0.25) is 24.5 Å². The number of anilines is 1. The molecule has 2 N–H and O–H groups in total. The van der Waals surface area contributed by atoms with Crippen molar-refractivity contribution >= 4 is 23.4 Å². The Hall–Kier alpha value is -3.63. The molecule has 3 aliphatic heterocycles. The number of nitrogens with zero attached hydrogens (tertiary/aromatic N) is 3. The molecule has 0 unspecified atom stereocenters. The first-order chi connectivity index (χ1) is 18.5. The zero-order valence-electron chi connectivity index (χ0n) is 21.8. The van der Waals surface area contributed by atoms with Crippen LogP contribution >= 0.6 is 0 Å². The maximum absolute atomic E-state index is 13.2. The van der Waals surface area contributed by atoms with Crippen molar-refractivity contribution < 1.29 is 23.9 Å². The van der Waals surface area contributed by atoms with Crippen molar-refractivity contribution in [1.29, 1.82) is 0 Å². The third-order valence-corrected chi connectivity index (χ3v) is 7.34. The molecule has 0 spiro atoms. The van der Waals surface area contributed by atoms with Crippen molar-refractivity contribution in [2.75, 3.05) is 57.9 Å². The van der Waals surface area contributed by atoms with E-state index < -0.39 is 6.04 Å². The maximum Gasteiger partial charge on any atom is 0.243 e. The minimum atomic E-state index is -0.807. The molecule has 0 aromatic heterocycles. The molecule has 3 amide bonds. The van der Waals surface area contributed by atoms with Crippen LogP contribution in [0.4, 0.5) is 5.69 Å². The van der Waals surface area contributed by atoms with Crippen LogP contribution in [0.2, 0.25) is 0 Å². The number of ether oxygens (including phenoxy) is 2. The minimum absolute atomic E-state index is 0.0730. The first-order valence-corrected chi connectivity index (χ1v) is 13.3. The molecule has 2 aromatic carbocycles. The zero-order chi connectivity index (χ0) is 26.5. The fourth-order valence-corrected chi connectivity index (χ4v) is 5.11. The number of hydrogen-bond acceptors (Lipinski definition) is 7. The highest BCUT2D eigenvalue weighted by atomic mass is 16.7. The second-order valence-electron chi connectivity index (χ2n) is 9.94. The van der Waals surface area contributed by atoms with Crippen molar-refractivity contribution in [2.45, 2.75) is 32.4 Å². The van der Waals surface area contributed by atoms with E-state index in [9.17, 15) is 14.4 Å². The number of amides is 3. The van der Waals surface area contributed by atoms with Gasteiger partial charge in [-0.25, -0.2) is 0 Å². The Labute approximate surface area is 222 Å². The first kappa shape index (κ1) is 26.0. The average molecular weight is 522 g/mol. The lowest BCUT2D eigenvalue weighted by molar-refractivity contribution is -0.145. The Bertz CT molecular complexity index is 1160. The summed E-state index contributed by atoms with van der Waals surface area (Å²) in [6.45, 7) is 7.37. The highest BCUT2D eigenvalue weighted by Crippen LogP contribution is 2.32. The van der Waals surface area contributed by atoms with E-state index in [0.29, 0.717) is 18.8 Å². The van der Waals surface area contributed by atoms with Gasteiger partial charge in [0.15, 0.2) is 11.5 Å². The largest absolute Gasteiger partial charge is 0.454 e. The number of carbonyl (C=O) groups is 3. The van der Waals surface area contributed by atoms with Gasteiger partial charge < -0.3 is 25.0 Å². The Kier molecular flexibility index (Phi) is 8.09. The van der Waals surface area contributed by atoms with E-state index >= 15 is 0 Å². The number of hydrogen-bond donors (Lipinski definition) is 2. The molecule has 3 heterocycles. The Morgan fingerprint density at radius 3 is 2.42 bits per heavy atom. The van der Waals surface area contributed by atoms with Crippen LogP contribution in [-0.2, 0) is 27.3 Å². The quantitative estimate of drug-likeness (QED) is 0.542. The lowest BCUT2D eigenvalue weighted by atomic mass is 10.1. The summed E-state index contributed by atoms with van der Waals surface area (Å²) in [4.78, 5) is 44.7. The number of fused-ring (bicyclic) bond motifs is 1. The molecule has 0 radical (unpaired) electrons. The molecule has 38 heavy (non-hydrogen) atoms. The van der Waals surface area contributed by atoms with E-state index in [1.807, 2.05) is 36.4 Å². The van der Waals surface area contributed by atoms with Crippen LogP contribution in [-0.4, -0.2) is 91.1 Å². The van der Waals surface area contributed by atoms with Gasteiger partial charge in [0.05, 0.1) is 13.0 Å². The highest BCUT2D eigenvalue weighted by Gasteiger charge is 2.35. The summed E-state index contributed by atoms with van der Waals surface area (Å²) < 4.78 is 10.9. The van der Waals surface area contributed by atoms with Crippen molar-refractivity contribution in [1.82, 2.24) is 20.0 Å². The predicted octanol–water partition coefficient (Wildman–Crippen LogP) is 1.45. The first-order valence-electron chi connectivity index (χ1n) is 13.3. The monoisotopic (exact) mass is 521 g/mol. The maximum atomic E-state index is 13.2. The number of benzene rings is 2. The number of carbonyl (C=O) groups excluding carboxylic acids is 3. The summed E-state index contributed by atoms with van der Waals surface area (Å²) in [6, 6.07) is 12.9.